The molecule has 0 saturated heterocycles. The Hall–Kier alpha value is -3.09. The first-order valence-corrected chi connectivity index (χ1v) is 17.1. The number of allylic oxidation sites excluding steroid dienone is 1. The zero-order chi connectivity index (χ0) is 34.8. The highest BCUT2D eigenvalue weighted by Gasteiger charge is 2.47. The average molecular weight is 684 g/mol. The zero-order valence-corrected chi connectivity index (χ0v) is 28.6. The predicted molar refractivity (Wildman–Crippen MR) is 188 cm³/mol. The van der Waals surface area contributed by atoms with Crippen molar-refractivity contribution in [1.82, 2.24) is 10.6 Å². The molecule has 2 fully saturated rings. The van der Waals surface area contributed by atoms with Crippen LogP contribution in [0.15, 0.2) is 65.3 Å². The van der Waals surface area contributed by atoms with E-state index in [9.17, 15) is 25.2 Å². The smallest absolute Gasteiger partial charge is 0.220 e. The van der Waals surface area contributed by atoms with Gasteiger partial charge in [-0.25, -0.2) is 0 Å². The Bertz CT molecular complexity index is 1460. The van der Waals surface area contributed by atoms with Gasteiger partial charge in [0.1, 0.15) is 24.1 Å². The average Bonchev–Trinajstić information content (AvgIpc) is 4.04. The fourth-order valence-electron chi connectivity index (χ4n) is 5.85. The Morgan fingerprint density at radius 2 is 1.83 bits per heavy atom. The molecule has 0 heterocycles. The number of benzene rings is 2. The molecule has 262 valence electrons. The molecule has 11 heteroatoms. The molecule has 4 rings (SSSR count). The van der Waals surface area contributed by atoms with Gasteiger partial charge in [0.25, 0.3) is 0 Å². The summed E-state index contributed by atoms with van der Waals surface area (Å²) in [5.74, 6) is 0.734. The summed E-state index contributed by atoms with van der Waals surface area (Å²) in [5, 5.41) is 55.0. The normalized spacial score (nSPS) is 19.2. The molecule has 10 nitrogen and oxygen atoms in total. The molecule has 2 aromatic carbocycles. The number of nitrogens with zero attached hydrogens (tertiary/aromatic N) is 1. The maximum Gasteiger partial charge on any atom is 0.220 e. The van der Waals surface area contributed by atoms with Crippen LogP contribution in [0.3, 0.4) is 0 Å². The van der Waals surface area contributed by atoms with E-state index in [1.807, 2.05) is 43.5 Å². The molecular formula is C37H50ClN3O7. The van der Waals surface area contributed by atoms with Crippen LogP contribution in [0.2, 0.25) is 5.02 Å². The topological polar surface area (TPSA) is 164 Å². The molecule has 2 aliphatic carbocycles. The first-order chi connectivity index (χ1) is 23.0. The van der Waals surface area contributed by atoms with Crippen molar-refractivity contribution < 1.29 is 35.1 Å². The van der Waals surface area contributed by atoms with Crippen LogP contribution in [-0.2, 0) is 11.3 Å². The highest BCUT2D eigenvalue weighted by Crippen LogP contribution is 2.49. The van der Waals surface area contributed by atoms with Crippen molar-refractivity contribution in [2.24, 2.45) is 4.99 Å². The maximum atomic E-state index is 12.4. The number of aliphatic hydroxyl groups is 5. The van der Waals surface area contributed by atoms with Gasteiger partial charge in [-0.1, -0.05) is 54.9 Å². The lowest BCUT2D eigenvalue weighted by atomic mass is 9.90. The lowest BCUT2D eigenvalue weighted by molar-refractivity contribution is -0.126. The van der Waals surface area contributed by atoms with E-state index < -0.39 is 31.0 Å². The van der Waals surface area contributed by atoms with Crippen LogP contribution in [0.1, 0.15) is 81.4 Å². The van der Waals surface area contributed by atoms with Crippen molar-refractivity contribution >= 4 is 29.8 Å². The Balaban J connectivity index is 1.33. The molecule has 2 saturated carbocycles. The van der Waals surface area contributed by atoms with E-state index in [0.717, 1.165) is 65.7 Å². The van der Waals surface area contributed by atoms with E-state index >= 15 is 0 Å². The fraction of sp³-hybridized carbons (Fsp3) is 0.514. The molecule has 0 bridgehead atoms. The number of aliphatic hydroxyl groups excluding tert-OH is 5. The quantitative estimate of drug-likeness (QED) is 0.0813. The maximum absolute atomic E-state index is 12.4. The largest absolute Gasteiger partial charge is 0.490 e. The molecule has 48 heavy (non-hydrogen) atoms. The van der Waals surface area contributed by atoms with E-state index in [1.165, 1.54) is 0 Å². The van der Waals surface area contributed by atoms with Crippen LogP contribution in [0.5, 0.6) is 5.75 Å². The Morgan fingerprint density at radius 3 is 2.48 bits per heavy atom. The van der Waals surface area contributed by atoms with Gasteiger partial charge in [-0.3, -0.25) is 9.79 Å². The van der Waals surface area contributed by atoms with Crippen molar-refractivity contribution in [2.75, 3.05) is 13.2 Å². The van der Waals surface area contributed by atoms with Crippen LogP contribution in [0, 0.1) is 0 Å². The minimum absolute atomic E-state index is 0.157. The van der Waals surface area contributed by atoms with Crippen molar-refractivity contribution in [3.05, 3.63) is 82.0 Å². The van der Waals surface area contributed by atoms with Crippen LogP contribution in [0.25, 0.3) is 5.57 Å². The zero-order valence-electron chi connectivity index (χ0n) is 27.8. The van der Waals surface area contributed by atoms with E-state index in [1.54, 1.807) is 0 Å². The molecular weight excluding hydrogens is 634 g/mol. The Kier molecular flexibility index (Phi) is 13.8. The number of rotatable bonds is 20. The molecule has 0 aliphatic heterocycles. The van der Waals surface area contributed by atoms with Gasteiger partial charge >= 0.3 is 0 Å². The van der Waals surface area contributed by atoms with Gasteiger partial charge in [0, 0.05) is 41.8 Å². The molecule has 7 N–H and O–H groups in total. The summed E-state index contributed by atoms with van der Waals surface area (Å²) in [5.41, 5.74) is 5.02. The fourth-order valence-corrected chi connectivity index (χ4v) is 6.03. The van der Waals surface area contributed by atoms with Crippen molar-refractivity contribution in [2.45, 2.75) is 107 Å². The van der Waals surface area contributed by atoms with Crippen LogP contribution < -0.4 is 15.4 Å². The third-order valence-electron chi connectivity index (χ3n) is 9.19. The number of halogens is 1. The number of ether oxygens (including phenoxy) is 1. The molecule has 0 spiro atoms. The number of amides is 1. The molecule has 0 unspecified atom stereocenters. The van der Waals surface area contributed by atoms with Crippen LogP contribution in [-0.4, -0.2) is 87.4 Å². The summed E-state index contributed by atoms with van der Waals surface area (Å²) < 4.78 is 6.25. The monoisotopic (exact) mass is 683 g/mol. The van der Waals surface area contributed by atoms with Gasteiger partial charge in [-0.15, -0.1) is 0 Å². The predicted octanol–water partition coefficient (Wildman–Crippen LogP) is 4.02. The second kappa shape index (κ2) is 17.5. The summed E-state index contributed by atoms with van der Waals surface area (Å²) >= 11 is 6.68. The van der Waals surface area contributed by atoms with Gasteiger partial charge in [-0.05, 0) is 92.5 Å². The lowest BCUT2D eigenvalue weighted by Gasteiger charge is -2.25. The van der Waals surface area contributed by atoms with Gasteiger partial charge in [-0.2, -0.15) is 0 Å². The molecule has 0 aromatic heterocycles. The summed E-state index contributed by atoms with van der Waals surface area (Å²) in [4.78, 5) is 16.5. The number of carbonyl (C=O) groups is 1. The molecule has 5 atom stereocenters. The second-order valence-electron chi connectivity index (χ2n) is 12.9. The molecule has 2 aromatic rings. The first-order valence-electron chi connectivity index (χ1n) is 16.8. The number of hydrogen-bond donors (Lipinski definition) is 7. The van der Waals surface area contributed by atoms with E-state index in [-0.39, 0.29) is 36.4 Å². The summed E-state index contributed by atoms with van der Waals surface area (Å²) in [6.07, 6.45) is 3.32. The van der Waals surface area contributed by atoms with Crippen LogP contribution in [0.4, 0.5) is 0 Å². The first kappa shape index (κ1) is 37.7. The van der Waals surface area contributed by atoms with Crippen LogP contribution >= 0.6 is 11.6 Å². The number of aliphatic imine (C=N–C) groups is 1. The number of nitrogens with one attached hydrogen (secondary N) is 2. The highest BCUT2D eigenvalue weighted by atomic mass is 35.5. The summed E-state index contributed by atoms with van der Waals surface area (Å²) in [7, 11) is 0. The molecule has 1 amide bonds. The minimum atomic E-state index is -1.74. The van der Waals surface area contributed by atoms with Crippen molar-refractivity contribution in [3.63, 3.8) is 0 Å². The standard InChI is InChI=1S/C37H50ClN3O7/c1-4-27(28-9-5-6-10-33(28)48-26-13-14-26)29(20-39-3)37(16-17-37)41-19-25-18-24(12-15-30(25)38)23(2)8-7-11-34(45)40-21-31(43)35(46)36(47)32(44)22-42/h4-6,9-10,12,15,18,20,23,26,31-32,35-36,41-44,46-47H,3,7-8,11,13-14,16-17,19,21-22H2,1-2H3,(H,40,45)/b27-4-,29-20+/t23-,31+,32-,35-,36-/m1/s1. The third kappa shape index (κ3) is 9.98. The van der Waals surface area contributed by atoms with Crippen molar-refractivity contribution in [1.29, 1.82) is 0 Å². The lowest BCUT2D eigenvalue weighted by Crippen LogP contribution is -2.49. The summed E-state index contributed by atoms with van der Waals surface area (Å²) in [6.45, 7) is 7.40. The molecule has 0 radical (unpaired) electrons. The van der Waals surface area contributed by atoms with Crippen molar-refractivity contribution in [3.8, 4) is 5.75 Å². The van der Waals surface area contributed by atoms with E-state index in [4.69, 9.17) is 21.4 Å². The SMILES string of the molecule is C=N/C=C(\C(=C/C)c1ccccc1OC1CC1)C1(NCc2cc([C@H](C)CCCC(=O)NC[C@H](O)[C@@H](O)[C@H](O)[C@H](O)CO)ccc2Cl)CC1. The van der Waals surface area contributed by atoms with E-state index in [0.29, 0.717) is 18.0 Å². The van der Waals surface area contributed by atoms with Gasteiger partial charge in [0.2, 0.25) is 5.91 Å². The Morgan fingerprint density at radius 1 is 1.12 bits per heavy atom. The number of hydrogen-bond acceptors (Lipinski definition) is 9. The Labute approximate surface area is 288 Å². The second-order valence-corrected chi connectivity index (χ2v) is 13.3. The van der Waals surface area contributed by atoms with Gasteiger partial charge in [0.05, 0.1) is 18.8 Å². The van der Waals surface area contributed by atoms with Gasteiger partial charge in [0.15, 0.2) is 0 Å². The van der Waals surface area contributed by atoms with E-state index in [2.05, 4.69) is 47.5 Å². The number of carbonyl (C=O) groups excluding carboxylic acids is 1. The third-order valence-corrected chi connectivity index (χ3v) is 9.56. The highest BCUT2D eigenvalue weighted by molar-refractivity contribution is 6.31. The molecule has 2 aliphatic rings. The minimum Gasteiger partial charge on any atom is -0.490 e. The number of para-hydroxylation sites is 1. The van der Waals surface area contributed by atoms with Gasteiger partial charge < -0.3 is 40.9 Å². The summed E-state index contributed by atoms with van der Waals surface area (Å²) in [6, 6.07) is 14.2.